The molecule has 0 unspecified atom stereocenters. The van der Waals surface area contributed by atoms with Crippen LogP contribution in [-0.2, 0) is 9.13 Å². The fourth-order valence-electron chi connectivity index (χ4n) is 0.0997. The Morgan fingerprint density at radius 3 is 1.88 bits per heavy atom. The summed E-state index contributed by atoms with van der Waals surface area (Å²) in [6.45, 7) is 0. The summed E-state index contributed by atoms with van der Waals surface area (Å²) in [7, 11) is -0.962. The summed E-state index contributed by atoms with van der Waals surface area (Å²) in [6, 6.07) is 0. The van der Waals surface area contributed by atoms with Crippen molar-refractivity contribution in [1.82, 2.24) is 5.06 Å². The van der Waals surface area contributed by atoms with E-state index in [9.17, 15) is 9.13 Å². The van der Waals surface area contributed by atoms with Crippen molar-refractivity contribution in [3.8, 4) is 11.5 Å². The van der Waals surface area contributed by atoms with Crippen LogP contribution in [0.2, 0.25) is 0 Å². The van der Waals surface area contributed by atoms with Crippen molar-refractivity contribution in [2.75, 3.05) is 0 Å². The Labute approximate surface area is 47.7 Å². The van der Waals surface area contributed by atoms with Gasteiger partial charge >= 0.3 is 46.7 Å². The van der Waals surface area contributed by atoms with Gasteiger partial charge < -0.3 is 0 Å². The van der Waals surface area contributed by atoms with Gasteiger partial charge in [0.05, 0.1) is 0 Å². The number of hydroxylamine groups is 2. The molecular formula is C2HNO3P2. The minimum absolute atomic E-state index is 0.211. The first-order chi connectivity index (χ1) is 3.81. The molecular weight excluding hydrogens is 148 g/mol. The van der Waals surface area contributed by atoms with Crippen LogP contribution in [0.5, 0.6) is 0 Å². The molecule has 0 fully saturated rings. The molecule has 0 spiro atoms. The Hall–Kier alpha value is -0.0600. The average Bonchev–Trinajstić information content (AvgIpc) is 1.68. The number of nitrogens with zero attached hydrogens (tertiary/aromatic N) is 1. The molecule has 0 aliphatic heterocycles. The molecule has 0 aliphatic carbocycles. The molecule has 4 nitrogen and oxygen atoms in total. The van der Waals surface area contributed by atoms with Crippen LogP contribution in [0.25, 0.3) is 0 Å². The van der Waals surface area contributed by atoms with Crippen molar-refractivity contribution >= 4 is 15.8 Å². The standard InChI is InChI=1S/C2HNO3P2/c4-3(1-7-5)2-8-6/h4H. The molecule has 0 saturated heterocycles. The van der Waals surface area contributed by atoms with Crippen LogP contribution in [0.3, 0.4) is 0 Å². The molecule has 42 valence electrons. The predicted molar refractivity (Wildman–Crippen MR) is 26.6 cm³/mol. The first-order valence-corrected chi connectivity index (χ1v) is 3.08. The summed E-state index contributed by atoms with van der Waals surface area (Å²) in [5.41, 5.74) is 0. The van der Waals surface area contributed by atoms with E-state index in [0.29, 0.717) is 0 Å². The fraction of sp³-hybridized carbons (Fsp3) is 0. The SMILES string of the molecule is O=P#CN(O)C#P=O. The second-order valence-electron chi connectivity index (χ2n) is 0.694. The minimum atomic E-state index is -0.481. The van der Waals surface area contributed by atoms with Crippen molar-refractivity contribution in [2.24, 2.45) is 0 Å². The maximum atomic E-state index is 9.53. The quantitative estimate of drug-likeness (QED) is 0.318. The molecule has 0 aliphatic rings. The van der Waals surface area contributed by atoms with E-state index in [-0.39, 0.29) is 5.06 Å². The third-order valence-electron chi connectivity index (χ3n) is 0.271. The van der Waals surface area contributed by atoms with Gasteiger partial charge in [-0.25, -0.2) is 0 Å². The summed E-state index contributed by atoms with van der Waals surface area (Å²) in [5, 5.41) is 8.46. The first kappa shape index (κ1) is 7.94. The van der Waals surface area contributed by atoms with Gasteiger partial charge in [-0.05, 0) is 0 Å². The van der Waals surface area contributed by atoms with Gasteiger partial charge in [0.2, 0.25) is 0 Å². The number of hydrogen-bond donors (Lipinski definition) is 1. The monoisotopic (exact) mass is 149 g/mol. The van der Waals surface area contributed by atoms with Crippen molar-refractivity contribution in [3.05, 3.63) is 0 Å². The zero-order chi connectivity index (χ0) is 6.41. The van der Waals surface area contributed by atoms with Gasteiger partial charge in [-0.2, -0.15) is 0 Å². The van der Waals surface area contributed by atoms with E-state index in [4.69, 9.17) is 5.21 Å². The van der Waals surface area contributed by atoms with Crippen LogP contribution < -0.4 is 0 Å². The molecule has 0 heterocycles. The molecule has 0 aromatic carbocycles. The average molecular weight is 149 g/mol. The Morgan fingerprint density at radius 1 is 1.25 bits per heavy atom. The normalized spacial score (nSPS) is 7.25. The van der Waals surface area contributed by atoms with E-state index in [2.05, 4.69) is 0 Å². The molecule has 0 amide bonds. The second-order valence-corrected chi connectivity index (χ2v) is 1.46. The predicted octanol–water partition coefficient (Wildman–Crippen LogP) is 1.09. The van der Waals surface area contributed by atoms with Crippen LogP contribution in [0, 0.1) is 11.5 Å². The van der Waals surface area contributed by atoms with Crippen LogP contribution in [-0.4, -0.2) is 10.3 Å². The third kappa shape index (κ3) is 4.11. The summed E-state index contributed by atoms with van der Waals surface area (Å²) in [5.74, 6) is 3.67. The molecule has 0 radical (unpaired) electrons. The Bertz CT molecular complexity index is 219. The number of rotatable bonds is 0. The Balaban J connectivity index is 4.11. The van der Waals surface area contributed by atoms with Gasteiger partial charge in [-0.3, -0.25) is 0 Å². The van der Waals surface area contributed by atoms with Crippen LogP contribution >= 0.6 is 15.8 Å². The van der Waals surface area contributed by atoms with E-state index in [1.54, 1.807) is 0 Å². The second kappa shape index (κ2) is 5.08. The molecule has 1 N–H and O–H groups in total. The molecule has 0 atom stereocenters. The van der Waals surface area contributed by atoms with Crippen LogP contribution in [0.15, 0.2) is 0 Å². The van der Waals surface area contributed by atoms with E-state index in [1.807, 2.05) is 11.5 Å². The fourth-order valence-corrected chi connectivity index (χ4v) is 0.433. The van der Waals surface area contributed by atoms with Gasteiger partial charge in [-0.15, -0.1) is 0 Å². The molecule has 8 heavy (non-hydrogen) atoms. The zero-order valence-electron chi connectivity index (χ0n) is 3.61. The zero-order valence-corrected chi connectivity index (χ0v) is 5.39. The topological polar surface area (TPSA) is 57.6 Å². The molecule has 6 heteroatoms. The Morgan fingerprint density at radius 2 is 1.62 bits per heavy atom. The van der Waals surface area contributed by atoms with Crippen molar-refractivity contribution in [3.63, 3.8) is 0 Å². The summed E-state index contributed by atoms with van der Waals surface area (Å²) in [6.07, 6.45) is 0. The van der Waals surface area contributed by atoms with Gasteiger partial charge in [0.15, 0.2) is 0 Å². The van der Waals surface area contributed by atoms with Crippen molar-refractivity contribution in [1.29, 1.82) is 0 Å². The molecule has 0 saturated carbocycles. The van der Waals surface area contributed by atoms with Crippen molar-refractivity contribution < 1.29 is 14.3 Å². The molecule has 0 aromatic rings. The third-order valence-corrected chi connectivity index (χ3v) is 0.813. The van der Waals surface area contributed by atoms with Gasteiger partial charge in [0.1, 0.15) is 0 Å². The van der Waals surface area contributed by atoms with Gasteiger partial charge in [-0.1, -0.05) is 0 Å². The van der Waals surface area contributed by atoms with Crippen LogP contribution in [0.1, 0.15) is 0 Å². The summed E-state index contributed by atoms with van der Waals surface area (Å²) < 4.78 is 19.1. The summed E-state index contributed by atoms with van der Waals surface area (Å²) in [4.78, 5) is 0. The van der Waals surface area contributed by atoms with Gasteiger partial charge in [0, 0.05) is 0 Å². The van der Waals surface area contributed by atoms with E-state index < -0.39 is 15.8 Å². The maximum absolute atomic E-state index is 9.53. The first-order valence-electron chi connectivity index (χ1n) is 1.46. The van der Waals surface area contributed by atoms with Crippen LogP contribution in [0.4, 0.5) is 0 Å². The Kier molecular flexibility index (Phi) is 5.05. The summed E-state index contributed by atoms with van der Waals surface area (Å²) >= 11 is 0. The molecule has 0 aromatic heterocycles. The van der Waals surface area contributed by atoms with E-state index in [1.165, 1.54) is 0 Å². The van der Waals surface area contributed by atoms with E-state index in [0.717, 1.165) is 0 Å². The number of hydrogen-bond acceptors (Lipinski definition) is 4. The van der Waals surface area contributed by atoms with Crippen molar-refractivity contribution in [2.45, 2.75) is 0 Å². The van der Waals surface area contributed by atoms with E-state index >= 15 is 0 Å². The molecule has 0 bridgehead atoms. The van der Waals surface area contributed by atoms with Gasteiger partial charge in [0.25, 0.3) is 0 Å². The molecule has 0 rings (SSSR count).